The second-order valence-corrected chi connectivity index (χ2v) is 3.72. The van der Waals surface area contributed by atoms with Gasteiger partial charge in [0.05, 0.1) is 6.61 Å². The van der Waals surface area contributed by atoms with Gasteiger partial charge in [-0.15, -0.1) is 0 Å². The van der Waals surface area contributed by atoms with Gasteiger partial charge in [0.1, 0.15) is 11.6 Å². The van der Waals surface area contributed by atoms with Crippen LogP contribution in [0.15, 0.2) is 17.1 Å². The van der Waals surface area contributed by atoms with Crippen LogP contribution in [0, 0.1) is 5.82 Å². The molecule has 0 fully saturated rings. The molecular weight excluding hydrogens is 225 g/mol. The van der Waals surface area contributed by atoms with E-state index in [1.807, 2.05) is 0 Å². The monoisotopic (exact) mass is 239 g/mol. The lowest BCUT2D eigenvalue weighted by atomic mass is 10.1. The van der Waals surface area contributed by atoms with E-state index in [1.165, 1.54) is 12.1 Å². The minimum absolute atomic E-state index is 0.0273. The standard InChI is InChI=1S/C11H14FN3O2/c12-9-3-7(1-2-15-11(13)14)10-8(4-9)5-16-6-17-10/h3-4H,1-2,5-6H2,(H4,13,14,15). The van der Waals surface area contributed by atoms with Crippen LogP contribution < -0.4 is 16.2 Å². The first kappa shape index (κ1) is 11.7. The second-order valence-electron chi connectivity index (χ2n) is 3.72. The van der Waals surface area contributed by atoms with Gasteiger partial charge >= 0.3 is 0 Å². The van der Waals surface area contributed by atoms with E-state index in [2.05, 4.69) is 4.99 Å². The average molecular weight is 239 g/mol. The summed E-state index contributed by atoms with van der Waals surface area (Å²) in [6.45, 7) is 0.957. The van der Waals surface area contributed by atoms with Gasteiger partial charge in [0.2, 0.25) is 0 Å². The van der Waals surface area contributed by atoms with E-state index in [0.717, 1.165) is 11.1 Å². The maximum Gasteiger partial charge on any atom is 0.189 e. The lowest BCUT2D eigenvalue weighted by Gasteiger charge is -2.20. The molecule has 1 aliphatic heterocycles. The zero-order chi connectivity index (χ0) is 12.3. The number of guanidine groups is 1. The highest BCUT2D eigenvalue weighted by atomic mass is 19.1. The third kappa shape index (κ3) is 2.85. The smallest absolute Gasteiger partial charge is 0.189 e. The van der Waals surface area contributed by atoms with Crippen LogP contribution >= 0.6 is 0 Å². The topological polar surface area (TPSA) is 82.9 Å². The Morgan fingerprint density at radius 2 is 2.24 bits per heavy atom. The van der Waals surface area contributed by atoms with Crippen LogP contribution in [0.4, 0.5) is 4.39 Å². The first-order valence-electron chi connectivity index (χ1n) is 5.24. The molecule has 4 N–H and O–H groups in total. The first-order valence-corrected chi connectivity index (χ1v) is 5.24. The van der Waals surface area contributed by atoms with Crippen molar-refractivity contribution in [3.05, 3.63) is 29.1 Å². The number of halogens is 1. The molecule has 0 aliphatic carbocycles. The fraction of sp³-hybridized carbons (Fsp3) is 0.364. The fourth-order valence-electron chi connectivity index (χ4n) is 1.75. The fourth-order valence-corrected chi connectivity index (χ4v) is 1.75. The number of nitrogens with zero attached hydrogens (tertiary/aromatic N) is 1. The molecular formula is C11H14FN3O2. The van der Waals surface area contributed by atoms with E-state index in [1.54, 1.807) is 0 Å². The number of hydrogen-bond donors (Lipinski definition) is 2. The Labute approximate surface area is 98.2 Å². The van der Waals surface area contributed by atoms with Gasteiger partial charge in [-0.05, 0) is 24.1 Å². The van der Waals surface area contributed by atoms with E-state index in [4.69, 9.17) is 20.9 Å². The molecule has 1 heterocycles. The maximum absolute atomic E-state index is 13.3. The third-order valence-electron chi connectivity index (χ3n) is 2.43. The van der Waals surface area contributed by atoms with Crippen LogP contribution in [-0.2, 0) is 17.8 Å². The van der Waals surface area contributed by atoms with Gasteiger partial charge in [0.15, 0.2) is 12.8 Å². The summed E-state index contributed by atoms with van der Waals surface area (Å²) in [5.41, 5.74) is 11.9. The zero-order valence-electron chi connectivity index (χ0n) is 9.28. The highest BCUT2D eigenvalue weighted by molar-refractivity contribution is 5.75. The summed E-state index contributed by atoms with van der Waals surface area (Å²) in [6, 6.07) is 2.85. The molecule has 2 rings (SSSR count). The third-order valence-corrected chi connectivity index (χ3v) is 2.43. The van der Waals surface area contributed by atoms with Crippen LogP contribution in [0.5, 0.6) is 5.75 Å². The van der Waals surface area contributed by atoms with Crippen molar-refractivity contribution < 1.29 is 13.9 Å². The number of nitrogens with two attached hydrogens (primary N) is 2. The lowest BCUT2D eigenvalue weighted by Crippen LogP contribution is -2.23. The predicted molar refractivity (Wildman–Crippen MR) is 61.1 cm³/mol. The number of benzene rings is 1. The molecule has 0 amide bonds. The molecule has 0 aromatic heterocycles. The Kier molecular flexibility index (Phi) is 3.43. The van der Waals surface area contributed by atoms with Gasteiger partial charge in [-0.2, -0.15) is 0 Å². The number of aliphatic imine (C=N–C) groups is 1. The molecule has 17 heavy (non-hydrogen) atoms. The summed E-state index contributed by atoms with van der Waals surface area (Å²) in [5, 5.41) is 0. The lowest BCUT2D eigenvalue weighted by molar-refractivity contribution is -0.0172. The molecule has 1 aromatic carbocycles. The quantitative estimate of drug-likeness (QED) is 0.594. The number of rotatable bonds is 3. The van der Waals surface area contributed by atoms with Crippen molar-refractivity contribution in [2.75, 3.05) is 13.3 Å². The molecule has 0 unspecified atom stereocenters. The minimum atomic E-state index is -0.308. The predicted octanol–water partition coefficient (Wildman–Crippen LogP) is 0.508. The van der Waals surface area contributed by atoms with Crippen LogP contribution in [-0.4, -0.2) is 19.3 Å². The Bertz CT molecular complexity index is 445. The highest BCUT2D eigenvalue weighted by Gasteiger charge is 2.16. The van der Waals surface area contributed by atoms with E-state index in [-0.39, 0.29) is 18.6 Å². The Morgan fingerprint density at radius 1 is 1.41 bits per heavy atom. The van der Waals surface area contributed by atoms with E-state index in [0.29, 0.717) is 25.3 Å². The molecule has 0 saturated carbocycles. The van der Waals surface area contributed by atoms with Crippen molar-refractivity contribution in [3.63, 3.8) is 0 Å². The van der Waals surface area contributed by atoms with Gasteiger partial charge in [0, 0.05) is 12.1 Å². The van der Waals surface area contributed by atoms with Gasteiger partial charge in [-0.1, -0.05) is 0 Å². The van der Waals surface area contributed by atoms with Gasteiger partial charge < -0.3 is 20.9 Å². The molecule has 0 saturated heterocycles. The molecule has 0 spiro atoms. The van der Waals surface area contributed by atoms with Crippen molar-refractivity contribution >= 4 is 5.96 Å². The summed E-state index contributed by atoms with van der Waals surface area (Å²) < 4.78 is 23.8. The van der Waals surface area contributed by atoms with Gasteiger partial charge in [-0.3, -0.25) is 4.99 Å². The molecule has 0 atom stereocenters. The van der Waals surface area contributed by atoms with Crippen molar-refractivity contribution in [2.24, 2.45) is 16.5 Å². The van der Waals surface area contributed by atoms with Gasteiger partial charge in [0.25, 0.3) is 0 Å². The average Bonchev–Trinajstić information content (AvgIpc) is 2.28. The number of hydrogen-bond acceptors (Lipinski definition) is 3. The first-order chi connectivity index (χ1) is 8.16. The van der Waals surface area contributed by atoms with Crippen LogP contribution in [0.3, 0.4) is 0 Å². The largest absolute Gasteiger partial charge is 0.467 e. The molecule has 1 aromatic rings. The normalized spacial score (nSPS) is 13.7. The molecule has 1 aliphatic rings. The zero-order valence-corrected chi connectivity index (χ0v) is 9.28. The SMILES string of the molecule is NC(N)=NCCc1cc(F)cc2c1OCOC2. The minimum Gasteiger partial charge on any atom is -0.467 e. The van der Waals surface area contributed by atoms with Crippen LogP contribution in [0.25, 0.3) is 0 Å². The summed E-state index contributed by atoms with van der Waals surface area (Å²) in [7, 11) is 0. The molecule has 5 nitrogen and oxygen atoms in total. The van der Waals surface area contributed by atoms with Crippen molar-refractivity contribution in [2.45, 2.75) is 13.0 Å². The van der Waals surface area contributed by atoms with E-state index in [9.17, 15) is 4.39 Å². The van der Waals surface area contributed by atoms with E-state index >= 15 is 0 Å². The molecule has 0 radical (unpaired) electrons. The Morgan fingerprint density at radius 3 is 3.00 bits per heavy atom. The van der Waals surface area contributed by atoms with Crippen LogP contribution in [0.2, 0.25) is 0 Å². The van der Waals surface area contributed by atoms with Crippen molar-refractivity contribution in [1.29, 1.82) is 0 Å². The molecule has 6 heteroatoms. The molecule has 0 bridgehead atoms. The van der Waals surface area contributed by atoms with Gasteiger partial charge in [-0.25, -0.2) is 4.39 Å². The van der Waals surface area contributed by atoms with E-state index < -0.39 is 0 Å². The molecule has 92 valence electrons. The van der Waals surface area contributed by atoms with Crippen LogP contribution in [0.1, 0.15) is 11.1 Å². The summed E-state index contributed by atoms with van der Waals surface area (Å²) >= 11 is 0. The Balaban J connectivity index is 2.20. The second kappa shape index (κ2) is 5.01. The Hall–Kier alpha value is -1.82. The summed E-state index contributed by atoms with van der Waals surface area (Å²) in [6.07, 6.45) is 0.526. The number of ether oxygens (including phenoxy) is 2. The van der Waals surface area contributed by atoms with Crippen molar-refractivity contribution in [1.82, 2.24) is 0 Å². The summed E-state index contributed by atoms with van der Waals surface area (Å²) in [5.74, 6) is 0.403. The summed E-state index contributed by atoms with van der Waals surface area (Å²) in [4.78, 5) is 3.86. The maximum atomic E-state index is 13.3. The van der Waals surface area contributed by atoms with Crippen molar-refractivity contribution in [3.8, 4) is 5.75 Å². The number of fused-ring (bicyclic) bond motifs is 1. The highest BCUT2D eigenvalue weighted by Crippen LogP contribution is 2.29.